The fraction of sp³-hybridized carbons (Fsp3) is 0.263. The summed E-state index contributed by atoms with van der Waals surface area (Å²) in [6.45, 7) is 0. The fourth-order valence-electron chi connectivity index (χ4n) is 2.77. The van der Waals surface area contributed by atoms with E-state index in [1.807, 2.05) is 6.07 Å². The zero-order chi connectivity index (χ0) is 17.4. The molecule has 0 spiro atoms. The number of aromatic nitrogens is 1. The van der Waals surface area contributed by atoms with Crippen LogP contribution in [0.3, 0.4) is 0 Å². The molecule has 1 aliphatic heterocycles. The van der Waals surface area contributed by atoms with Crippen molar-refractivity contribution in [1.29, 1.82) is 0 Å². The summed E-state index contributed by atoms with van der Waals surface area (Å²) < 4.78 is 5.44. The van der Waals surface area contributed by atoms with Gasteiger partial charge in [-0.3, -0.25) is 4.98 Å². The predicted molar refractivity (Wildman–Crippen MR) is 95.4 cm³/mol. The number of rotatable bonds is 2. The second kappa shape index (κ2) is 6.59. The Hall–Kier alpha value is -2.22. The van der Waals surface area contributed by atoms with E-state index in [1.165, 1.54) is 12.8 Å². The van der Waals surface area contributed by atoms with E-state index in [9.17, 15) is 4.79 Å². The van der Waals surface area contributed by atoms with Crippen LogP contribution in [0.2, 0.25) is 10.0 Å². The van der Waals surface area contributed by atoms with Gasteiger partial charge in [-0.1, -0.05) is 47.2 Å². The van der Waals surface area contributed by atoms with E-state index in [1.54, 1.807) is 30.6 Å². The number of ether oxygens (including phenoxy) is 1. The molecule has 1 amide bonds. The van der Waals surface area contributed by atoms with Crippen molar-refractivity contribution < 1.29 is 9.53 Å². The molecule has 2 aromatic rings. The number of hydrogen-bond donors (Lipinski definition) is 1. The Bertz CT molecular complexity index is 900. The zero-order valence-electron chi connectivity index (χ0n) is 13.1. The Labute approximate surface area is 155 Å². The lowest BCUT2D eigenvalue weighted by Crippen LogP contribution is -2.20. The van der Waals surface area contributed by atoms with Gasteiger partial charge in [-0.15, -0.1) is 0 Å². The number of alkyl carbamates (subject to hydrolysis) is 1. The summed E-state index contributed by atoms with van der Waals surface area (Å²) in [7, 11) is 0. The molecule has 4 rings (SSSR count). The Morgan fingerprint density at radius 1 is 1.24 bits per heavy atom. The second-order valence-electron chi connectivity index (χ2n) is 6.14. The number of benzene rings is 1. The first-order valence-electron chi connectivity index (χ1n) is 7.99. The molecule has 4 nitrogen and oxygen atoms in total. The largest absolute Gasteiger partial charge is 0.439 e. The first-order chi connectivity index (χ1) is 12.1. The monoisotopic (exact) mass is 372 g/mol. The van der Waals surface area contributed by atoms with Crippen molar-refractivity contribution in [3.63, 3.8) is 0 Å². The normalized spacial score (nSPS) is 21.9. The van der Waals surface area contributed by atoms with Gasteiger partial charge in [0.25, 0.3) is 0 Å². The highest BCUT2D eigenvalue weighted by Gasteiger charge is 2.38. The zero-order valence-corrected chi connectivity index (χ0v) is 14.6. The topological polar surface area (TPSA) is 51.2 Å². The Morgan fingerprint density at radius 2 is 2.08 bits per heavy atom. The molecular weight excluding hydrogens is 359 g/mol. The van der Waals surface area contributed by atoms with Gasteiger partial charge in [-0.05, 0) is 30.5 Å². The van der Waals surface area contributed by atoms with E-state index in [2.05, 4.69) is 22.1 Å². The third kappa shape index (κ3) is 3.44. The average Bonchev–Trinajstić information content (AvgIpc) is 3.36. The summed E-state index contributed by atoms with van der Waals surface area (Å²) in [5.74, 6) is 6.87. The molecule has 1 aromatic carbocycles. The molecule has 25 heavy (non-hydrogen) atoms. The van der Waals surface area contributed by atoms with Gasteiger partial charge in [0, 0.05) is 29.4 Å². The van der Waals surface area contributed by atoms with Gasteiger partial charge >= 0.3 is 6.09 Å². The molecule has 0 radical (unpaired) electrons. The minimum Gasteiger partial charge on any atom is -0.439 e. The SMILES string of the molecule is O=C1NC(c2cncc(C#CC3CC3)c2)C(c2cccc(Cl)c2Cl)O1. The van der Waals surface area contributed by atoms with Gasteiger partial charge in [-0.2, -0.15) is 0 Å². The Balaban J connectivity index is 1.68. The molecular formula is C19H14Cl2N2O2. The molecule has 6 heteroatoms. The van der Waals surface area contributed by atoms with E-state index in [4.69, 9.17) is 27.9 Å². The Kier molecular flexibility index (Phi) is 4.29. The van der Waals surface area contributed by atoms with Crippen molar-refractivity contribution in [1.82, 2.24) is 10.3 Å². The minimum absolute atomic E-state index is 0.383. The standard InChI is InChI=1S/C19H14Cl2N2O2/c20-15-3-1-2-14(16(15)21)18-17(23-19(24)25-18)13-8-12(9-22-10-13)7-6-11-4-5-11/h1-3,8-11,17-18H,4-5H2,(H,23,24). The smallest absolute Gasteiger partial charge is 0.408 e. The number of amides is 1. The molecule has 126 valence electrons. The van der Waals surface area contributed by atoms with Crippen molar-refractivity contribution in [2.24, 2.45) is 5.92 Å². The van der Waals surface area contributed by atoms with Crippen molar-refractivity contribution >= 4 is 29.3 Å². The molecule has 1 aromatic heterocycles. The van der Waals surface area contributed by atoms with Crippen LogP contribution >= 0.6 is 23.2 Å². The summed E-state index contributed by atoms with van der Waals surface area (Å²) in [5.41, 5.74) is 2.29. The van der Waals surface area contributed by atoms with E-state index >= 15 is 0 Å². The summed E-state index contributed by atoms with van der Waals surface area (Å²) in [6, 6.07) is 6.80. The van der Waals surface area contributed by atoms with Gasteiger partial charge in [0.2, 0.25) is 0 Å². The van der Waals surface area contributed by atoms with Crippen LogP contribution < -0.4 is 5.32 Å². The van der Waals surface area contributed by atoms with Crippen molar-refractivity contribution in [2.45, 2.75) is 25.0 Å². The van der Waals surface area contributed by atoms with Gasteiger partial charge in [0.1, 0.15) is 6.04 Å². The molecule has 2 fully saturated rings. The summed E-state index contributed by atoms with van der Waals surface area (Å²) in [5, 5.41) is 3.62. The van der Waals surface area contributed by atoms with Crippen molar-refractivity contribution in [3.05, 3.63) is 63.4 Å². The van der Waals surface area contributed by atoms with Crippen LogP contribution in [0.25, 0.3) is 0 Å². The molecule has 1 saturated carbocycles. The number of hydrogen-bond acceptors (Lipinski definition) is 3. The van der Waals surface area contributed by atoms with Crippen LogP contribution in [-0.2, 0) is 4.74 Å². The lowest BCUT2D eigenvalue weighted by Gasteiger charge is -2.19. The van der Waals surface area contributed by atoms with Gasteiger partial charge in [-0.25, -0.2) is 4.79 Å². The number of pyridine rings is 1. The first kappa shape index (κ1) is 16.3. The van der Waals surface area contributed by atoms with E-state index < -0.39 is 18.2 Å². The van der Waals surface area contributed by atoms with E-state index in [-0.39, 0.29) is 0 Å². The number of carbonyl (C=O) groups excluding carboxylic acids is 1. The van der Waals surface area contributed by atoms with Crippen LogP contribution in [-0.4, -0.2) is 11.1 Å². The second-order valence-corrected chi connectivity index (χ2v) is 6.93. The van der Waals surface area contributed by atoms with Crippen LogP contribution in [0, 0.1) is 17.8 Å². The van der Waals surface area contributed by atoms with E-state index in [0.717, 1.165) is 11.1 Å². The van der Waals surface area contributed by atoms with E-state index in [0.29, 0.717) is 21.5 Å². The van der Waals surface area contributed by atoms with Gasteiger partial charge in [0.05, 0.1) is 10.0 Å². The third-order valence-corrected chi connectivity index (χ3v) is 5.05. The fourth-order valence-corrected chi connectivity index (χ4v) is 3.19. The summed E-state index contributed by atoms with van der Waals surface area (Å²) >= 11 is 12.4. The maximum absolute atomic E-state index is 11.9. The predicted octanol–water partition coefficient (Wildman–Crippen LogP) is 4.67. The maximum Gasteiger partial charge on any atom is 0.408 e. The highest BCUT2D eigenvalue weighted by atomic mass is 35.5. The van der Waals surface area contributed by atoms with Gasteiger partial charge < -0.3 is 10.1 Å². The minimum atomic E-state index is -0.577. The molecule has 2 atom stereocenters. The van der Waals surface area contributed by atoms with Crippen LogP contribution in [0.1, 0.15) is 41.7 Å². The third-order valence-electron chi connectivity index (χ3n) is 4.21. The molecule has 2 unspecified atom stereocenters. The molecule has 2 aliphatic rings. The Morgan fingerprint density at radius 3 is 2.88 bits per heavy atom. The van der Waals surface area contributed by atoms with Crippen molar-refractivity contribution in [3.8, 4) is 11.8 Å². The number of carbonyl (C=O) groups is 1. The van der Waals surface area contributed by atoms with Gasteiger partial charge in [0.15, 0.2) is 6.10 Å². The lowest BCUT2D eigenvalue weighted by molar-refractivity contribution is 0.132. The molecule has 1 N–H and O–H groups in total. The highest BCUT2D eigenvalue weighted by Crippen LogP contribution is 2.41. The van der Waals surface area contributed by atoms with Crippen LogP contribution in [0.4, 0.5) is 4.79 Å². The highest BCUT2D eigenvalue weighted by molar-refractivity contribution is 6.42. The number of cyclic esters (lactones) is 1. The molecule has 1 aliphatic carbocycles. The summed E-state index contributed by atoms with van der Waals surface area (Å²) in [6.07, 6.45) is 4.68. The van der Waals surface area contributed by atoms with Crippen LogP contribution in [0.5, 0.6) is 0 Å². The number of nitrogens with one attached hydrogen (secondary N) is 1. The maximum atomic E-state index is 11.9. The lowest BCUT2D eigenvalue weighted by atomic mass is 9.97. The first-order valence-corrected chi connectivity index (χ1v) is 8.75. The van der Waals surface area contributed by atoms with Crippen molar-refractivity contribution in [2.75, 3.05) is 0 Å². The number of halogens is 2. The average molecular weight is 373 g/mol. The van der Waals surface area contributed by atoms with Crippen LogP contribution in [0.15, 0.2) is 36.7 Å². The summed E-state index contributed by atoms with van der Waals surface area (Å²) in [4.78, 5) is 16.1. The molecule has 1 saturated heterocycles. The molecule has 0 bridgehead atoms. The quantitative estimate of drug-likeness (QED) is 0.779. The number of nitrogens with zero attached hydrogens (tertiary/aromatic N) is 1. The molecule has 2 heterocycles.